The van der Waals surface area contributed by atoms with E-state index in [-0.39, 0.29) is 12.6 Å². The van der Waals surface area contributed by atoms with Crippen molar-refractivity contribution >= 4 is 37.0 Å². The summed E-state index contributed by atoms with van der Waals surface area (Å²) in [6, 6.07) is 7.11. The van der Waals surface area contributed by atoms with Crippen molar-refractivity contribution in [2.45, 2.75) is 24.3 Å². The lowest BCUT2D eigenvalue weighted by molar-refractivity contribution is 0.240. The minimum atomic E-state index is -3.60. The van der Waals surface area contributed by atoms with Crippen LogP contribution in [0.2, 0.25) is 0 Å². The highest BCUT2D eigenvalue weighted by molar-refractivity contribution is 9.10. The van der Waals surface area contributed by atoms with Gasteiger partial charge in [0.2, 0.25) is 16.6 Å². The number of H-pyrrole nitrogens is 1. The van der Waals surface area contributed by atoms with Crippen molar-refractivity contribution in [1.82, 2.24) is 33.9 Å². The molecular formula is C25H27BrN8O2S. The smallest absolute Gasteiger partial charge is 0.243 e. The van der Waals surface area contributed by atoms with Gasteiger partial charge in [0.1, 0.15) is 18.0 Å². The Hall–Kier alpha value is -3.11. The van der Waals surface area contributed by atoms with Crippen LogP contribution in [0, 0.1) is 13.5 Å². The first-order valence-electron chi connectivity index (χ1n) is 12.0. The van der Waals surface area contributed by atoms with Crippen LogP contribution in [0.1, 0.15) is 18.0 Å². The number of benzene rings is 1. The summed E-state index contributed by atoms with van der Waals surface area (Å²) in [5.74, 6) is 0. The van der Waals surface area contributed by atoms with Crippen LogP contribution < -0.4 is 0 Å². The summed E-state index contributed by atoms with van der Waals surface area (Å²) >= 11 is 3.40. The van der Waals surface area contributed by atoms with Gasteiger partial charge in [-0.15, -0.1) is 0 Å². The molecule has 1 aliphatic heterocycles. The SMILES string of the molecule is [C-]#[N+]CC(CN1CCCN(S(=O)(=O)c2cc(Br)ccc2C)CC1)n1cc(-c2ncnc3[nH]ccc23)cn1. The second-order valence-electron chi connectivity index (χ2n) is 9.13. The topological polar surface area (TPSA) is 104 Å². The molecule has 1 fully saturated rings. The molecule has 0 radical (unpaired) electrons. The molecular weight excluding hydrogens is 556 g/mol. The first-order valence-corrected chi connectivity index (χ1v) is 14.2. The van der Waals surface area contributed by atoms with Crippen LogP contribution >= 0.6 is 15.9 Å². The molecule has 1 aliphatic rings. The van der Waals surface area contributed by atoms with Crippen LogP contribution in [-0.2, 0) is 10.0 Å². The van der Waals surface area contributed by atoms with Crippen LogP contribution in [-0.4, -0.2) is 81.6 Å². The van der Waals surface area contributed by atoms with Crippen LogP contribution in [0.25, 0.3) is 27.1 Å². The average Bonchev–Trinajstić information content (AvgIpc) is 3.51. The Kier molecular flexibility index (Phi) is 7.39. The Bertz CT molecular complexity index is 1560. The van der Waals surface area contributed by atoms with Crippen molar-refractivity contribution < 1.29 is 8.42 Å². The first kappa shape index (κ1) is 25.5. The molecule has 0 bridgehead atoms. The molecule has 1 atom stereocenters. The third-order valence-electron chi connectivity index (χ3n) is 6.69. The molecule has 4 heterocycles. The van der Waals surface area contributed by atoms with Crippen molar-refractivity contribution in [2.75, 3.05) is 39.3 Å². The Labute approximate surface area is 224 Å². The predicted molar refractivity (Wildman–Crippen MR) is 144 cm³/mol. The third-order valence-corrected chi connectivity index (χ3v) is 9.22. The van der Waals surface area contributed by atoms with E-state index in [1.54, 1.807) is 16.6 Å². The number of nitrogens with one attached hydrogen (secondary N) is 1. The van der Waals surface area contributed by atoms with Crippen molar-refractivity contribution in [3.8, 4) is 11.3 Å². The summed E-state index contributed by atoms with van der Waals surface area (Å²) in [6.07, 6.45) is 7.76. The molecule has 4 aromatic rings. The van der Waals surface area contributed by atoms with E-state index >= 15 is 0 Å². The van der Waals surface area contributed by atoms with Crippen molar-refractivity contribution in [2.24, 2.45) is 0 Å². The summed E-state index contributed by atoms with van der Waals surface area (Å²) in [7, 11) is -3.60. The Balaban J connectivity index is 1.31. The lowest BCUT2D eigenvalue weighted by atomic mass is 10.2. The maximum atomic E-state index is 13.4. The number of aromatic amines is 1. The average molecular weight is 584 g/mol. The van der Waals surface area contributed by atoms with Crippen molar-refractivity contribution in [3.63, 3.8) is 0 Å². The molecule has 37 heavy (non-hydrogen) atoms. The van der Waals surface area contributed by atoms with Crippen molar-refractivity contribution in [1.29, 1.82) is 0 Å². The minimum absolute atomic E-state index is 0.162. The van der Waals surface area contributed by atoms with E-state index in [1.807, 2.05) is 42.2 Å². The van der Waals surface area contributed by atoms with E-state index in [0.717, 1.165) is 38.9 Å². The molecule has 0 spiro atoms. The molecule has 192 valence electrons. The van der Waals surface area contributed by atoms with E-state index < -0.39 is 10.0 Å². The lowest BCUT2D eigenvalue weighted by Gasteiger charge is -2.24. The number of hydrogen-bond acceptors (Lipinski definition) is 6. The Morgan fingerprint density at radius 2 is 2.05 bits per heavy atom. The minimum Gasteiger partial charge on any atom is -0.346 e. The highest BCUT2D eigenvalue weighted by Crippen LogP contribution is 2.27. The second-order valence-corrected chi connectivity index (χ2v) is 12.0. The zero-order chi connectivity index (χ0) is 26.0. The van der Waals surface area contributed by atoms with Gasteiger partial charge in [0.15, 0.2) is 0 Å². The summed E-state index contributed by atoms with van der Waals surface area (Å²) < 4.78 is 30.9. The fourth-order valence-electron chi connectivity index (χ4n) is 4.75. The number of nitrogens with zero attached hydrogens (tertiary/aromatic N) is 7. The van der Waals surface area contributed by atoms with Gasteiger partial charge in [0, 0.05) is 54.0 Å². The van der Waals surface area contributed by atoms with Crippen LogP contribution in [0.5, 0.6) is 0 Å². The molecule has 5 rings (SSSR count). The number of rotatable bonds is 7. The summed E-state index contributed by atoms with van der Waals surface area (Å²) in [5, 5.41) is 5.48. The number of halogens is 1. The Morgan fingerprint density at radius 3 is 2.89 bits per heavy atom. The molecule has 12 heteroatoms. The zero-order valence-corrected chi connectivity index (χ0v) is 22.8. The summed E-state index contributed by atoms with van der Waals surface area (Å²) in [6.45, 7) is 12.4. The van der Waals surface area contributed by atoms with Gasteiger partial charge < -0.3 is 9.83 Å². The van der Waals surface area contributed by atoms with E-state index in [9.17, 15) is 8.42 Å². The van der Waals surface area contributed by atoms with Gasteiger partial charge in [-0.05, 0) is 43.7 Å². The molecule has 1 N–H and O–H groups in total. The number of aromatic nitrogens is 5. The molecule has 1 unspecified atom stereocenters. The molecule has 3 aromatic heterocycles. The molecule has 0 amide bonds. The lowest BCUT2D eigenvalue weighted by Crippen LogP contribution is -2.37. The van der Waals surface area contributed by atoms with Crippen LogP contribution in [0.3, 0.4) is 0 Å². The van der Waals surface area contributed by atoms with E-state index in [0.29, 0.717) is 37.5 Å². The molecule has 0 aliphatic carbocycles. The fraction of sp³-hybridized carbons (Fsp3) is 0.360. The summed E-state index contributed by atoms with van der Waals surface area (Å²) in [4.78, 5) is 18.0. The monoisotopic (exact) mass is 582 g/mol. The number of aryl methyl sites for hydroxylation is 1. The first-order chi connectivity index (χ1) is 17.9. The fourth-order valence-corrected chi connectivity index (χ4v) is 6.99. The number of fused-ring (bicyclic) bond motifs is 1. The van der Waals surface area contributed by atoms with E-state index in [2.05, 4.69) is 45.7 Å². The number of hydrogen-bond donors (Lipinski definition) is 1. The molecule has 1 aromatic carbocycles. The highest BCUT2D eigenvalue weighted by Gasteiger charge is 2.30. The van der Waals surface area contributed by atoms with Crippen LogP contribution in [0.4, 0.5) is 0 Å². The van der Waals surface area contributed by atoms with Gasteiger partial charge >= 0.3 is 0 Å². The molecule has 0 saturated carbocycles. The Morgan fingerprint density at radius 1 is 1.19 bits per heavy atom. The van der Waals surface area contributed by atoms with E-state index in [1.165, 1.54) is 6.33 Å². The maximum absolute atomic E-state index is 13.4. The second kappa shape index (κ2) is 10.7. The highest BCUT2D eigenvalue weighted by atomic mass is 79.9. The number of sulfonamides is 1. The maximum Gasteiger partial charge on any atom is 0.243 e. The third kappa shape index (κ3) is 5.31. The quantitative estimate of drug-likeness (QED) is 0.333. The largest absolute Gasteiger partial charge is 0.346 e. The van der Waals surface area contributed by atoms with Gasteiger partial charge in [-0.2, -0.15) is 9.40 Å². The van der Waals surface area contributed by atoms with Crippen LogP contribution in [0.15, 0.2) is 58.6 Å². The predicted octanol–water partition coefficient (Wildman–Crippen LogP) is 3.75. The van der Waals surface area contributed by atoms with Gasteiger partial charge in [-0.1, -0.05) is 22.0 Å². The molecule has 10 nitrogen and oxygen atoms in total. The normalized spacial score (nSPS) is 16.5. The van der Waals surface area contributed by atoms with E-state index in [4.69, 9.17) is 6.57 Å². The van der Waals surface area contributed by atoms with Gasteiger partial charge in [-0.3, -0.25) is 9.58 Å². The van der Waals surface area contributed by atoms with Gasteiger partial charge in [-0.25, -0.2) is 25.0 Å². The summed E-state index contributed by atoms with van der Waals surface area (Å²) in [5.41, 5.74) is 3.14. The van der Waals surface area contributed by atoms with Crippen molar-refractivity contribution in [3.05, 3.63) is 70.6 Å². The van der Waals surface area contributed by atoms with Gasteiger partial charge in [0.25, 0.3) is 0 Å². The molecule has 1 saturated heterocycles. The zero-order valence-electron chi connectivity index (χ0n) is 20.4. The van der Waals surface area contributed by atoms with Gasteiger partial charge in [0.05, 0.1) is 16.8 Å². The standard InChI is InChI=1S/C25H27BrN8O2S/c1-18-4-5-20(26)12-23(18)37(35,36)33-9-3-8-32(10-11-33)16-21(14-27-2)34-15-19(13-31-34)24-22-6-7-28-25(22)30-17-29-24/h4-7,12-13,15,17,21H,3,8-11,14,16H2,1H3,(H,28,29,30).